The topological polar surface area (TPSA) is 150 Å². The molecule has 0 spiro atoms. The summed E-state index contributed by atoms with van der Waals surface area (Å²) in [5.74, 6) is -2.49. The number of nitrogens with zero attached hydrogens (tertiary/aromatic N) is 3. The van der Waals surface area contributed by atoms with Gasteiger partial charge in [-0.25, -0.2) is 0 Å². The van der Waals surface area contributed by atoms with Gasteiger partial charge in [-0.2, -0.15) is 5.06 Å². The molecule has 0 unspecified atom stereocenters. The number of carbonyl (C=O) groups excluding carboxylic acids is 1. The average molecular weight is 594 g/mol. The number of fused-ring (bicyclic) bond motifs is 1. The molecule has 2 aromatic rings. The Bertz CT molecular complexity index is 1620. The molecule has 3 heterocycles. The van der Waals surface area contributed by atoms with Crippen molar-refractivity contribution < 1.29 is 34.5 Å². The number of methoxy groups -OCH3 is 1. The predicted molar refractivity (Wildman–Crippen MR) is 146 cm³/mol. The first-order chi connectivity index (χ1) is 18.1. The largest absolute Gasteiger partial charge is 0.497 e. The Morgan fingerprint density at radius 3 is 2.45 bits per heavy atom. The lowest BCUT2D eigenvalue weighted by molar-refractivity contribution is -0.140. The van der Waals surface area contributed by atoms with Crippen LogP contribution in [0.3, 0.4) is 0 Å². The third-order valence-electron chi connectivity index (χ3n) is 5.90. The monoisotopic (exact) mass is 593 g/mol. The summed E-state index contributed by atoms with van der Waals surface area (Å²) in [7, 11) is 1.52. The summed E-state index contributed by atoms with van der Waals surface area (Å²) >= 11 is 8.07. The third-order valence-corrected chi connectivity index (χ3v) is 9.71. The van der Waals surface area contributed by atoms with Crippen molar-refractivity contribution in [1.82, 2.24) is 9.63 Å². The molecule has 3 aliphatic rings. The Morgan fingerprint density at radius 2 is 1.87 bits per heavy atom. The molecule has 0 atom stereocenters. The molecular weight excluding hydrogens is 575 g/mol. The molecule has 1 aromatic carbocycles. The number of thiazole rings is 1. The first kappa shape index (κ1) is 26.5. The van der Waals surface area contributed by atoms with Crippen molar-refractivity contribution in [2.45, 2.75) is 24.3 Å². The maximum atomic E-state index is 13.4. The van der Waals surface area contributed by atoms with Gasteiger partial charge in [-0.15, -0.1) is 11.3 Å². The number of carbonyl (C=O) groups is 3. The molecule has 0 bridgehead atoms. The lowest BCUT2D eigenvalue weighted by atomic mass is 10.1. The number of thioether (sulfide) groups is 2. The summed E-state index contributed by atoms with van der Waals surface area (Å²) in [4.78, 5) is 51.7. The predicted octanol–water partition coefficient (Wildman–Crippen LogP) is 1.46. The van der Waals surface area contributed by atoms with Crippen LogP contribution in [0.5, 0.6) is 5.75 Å². The molecule has 38 heavy (non-hydrogen) atoms. The zero-order valence-corrected chi connectivity index (χ0v) is 22.8. The Hall–Kier alpha value is -3.11. The van der Waals surface area contributed by atoms with E-state index in [1.807, 2.05) is 6.07 Å². The van der Waals surface area contributed by atoms with E-state index in [4.69, 9.17) is 17.0 Å². The van der Waals surface area contributed by atoms with Crippen molar-refractivity contribution in [3.05, 3.63) is 48.4 Å². The van der Waals surface area contributed by atoms with Gasteiger partial charge in [0.2, 0.25) is 0 Å². The van der Waals surface area contributed by atoms with Crippen LogP contribution in [0.4, 0.5) is 5.69 Å². The average Bonchev–Trinajstić information content (AvgIpc) is 3.54. The summed E-state index contributed by atoms with van der Waals surface area (Å²) in [6.45, 7) is -0.993. The second-order valence-corrected chi connectivity index (χ2v) is 12.2. The highest BCUT2D eigenvalue weighted by Crippen LogP contribution is 2.52. The van der Waals surface area contributed by atoms with E-state index >= 15 is 0 Å². The van der Waals surface area contributed by atoms with Gasteiger partial charge in [0.05, 0.1) is 22.4 Å². The number of ether oxygens (including phenoxy) is 1. The van der Waals surface area contributed by atoms with E-state index in [0.717, 1.165) is 51.0 Å². The van der Waals surface area contributed by atoms with E-state index in [9.17, 15) is 34.6 Å². The third kappa shape index (κ3) is 4.87. The molecule has 198 valence electrons. The maximum Gasteiger partial charge on any atom is 0.323 e. The number of anilines is 1. The van der Waals surface area contributed by atoms with Crippen LogP contribution in [0, 0.1) is 5.92 Å². The first-order valence-electron chi connectivity index (χ1n) is 11.1. The second-order valence-electron chi connectivity index (χ2n) is 8.47. The molecule has 2 fully saturated rings. The minimum Gasteiger partial charge on any atom is -0.497 e. The van der Waals surface area contributed by atoms with Crippen LogP contribution in [-0.2, 0) is 20.9 Å². The van der Waals surface area contributed by atoms with E-state index in [1.165, 1.54) is 18.9 Å². The molecule has 1 aromatic heterocycles. The zero-order valence-electron chi connectivity index (χ0n) is 19.6. The van der Waals surface area contributed by atoms with Crippen LogP contribution in [-0.4, -0.2) is 60.9 Å². The summed E-state index contributed by atoms with van der Waals surface area (Å²) < 4.78 is 6.43. The lowest BCUT2D eigenvalue weighted by Gasteiger charge is -2.20. The number of hydrogen-bond donors (Lipinski definition) is 3. The number of amides is 1. The summed E-state index contributed by atoms with van der Waals surface area (Å²) in [6.07, 6.45) is 3.35. The van der Waals surface area contributed by atoms with Crippen molar-refractivity contribution in [3.8, 4) is 5.75 Å². The number of allylic oxidation sites excluding steroid dienone is 1. The quantitative estimate of drug-likeness (QED) is 0.315. The van der Waals surface area contributed by atoms with Gasteiger partial charge in [-0.3, -0.25) is 29.0 Å². The smallest absolute Gasteiger partial charge is 0.323 e. The van der Waals surface area contributed by atoms with E-state index in [2.05, 4.69) is 0 Å². The van der Waals surface area contributed by atoms with Crippen LogP contribution >= 0.6 is 47.1 Å². The van der Waals surface area contributed by atoms with Crippen LogP contribution in [0.1, 0.15) is 12.8 Å². The number of aliphatic carboxylic acids is 2. The Kier molecular flexibility index (Phi) is 7.13. The van der Waals surface area contributed by atoms with Crippen molar-refractivity contribution in [2.75, 3.05) is 18.6 Å². The number of carboxylic acid groups (broad SMARTS) is 2. The highest BCUT2D eigenvalue weighted by atomic mass is 32.2. The van der Waals surface area contributed by atoms with E-state index in [0.29, 0.717) is 16.5 Å². The normalized spacial score (nSPS) is 20.3. The number of hydrogen-bond acceptors (Lipinski definition) is 11. The lowest BCUT2D eigenvalue weighted by Crippen LogP contribution is -2.35. The van der Waals surface area contributed by atoms with Gasteiger partial charge in [0, 0.05) is 11.0 Å². The summed E-state index contributed by atoms with van der Waals surface area (Å²) in [6, 6.07) is 5.39. The van der Waals surface area contributed by atoms with Crippen LogP contribution in [0.25, 0.3) is 11.0 Å². The van der Waals surface area contributed by atoms with Gasteiger partial charge in [0.25, 0.3) is 11.5 Å². The van der Waals surface area contributed by atoms with Crippen LogP contribution < -0.4 is 24.4 Å². The Morgan fingerprint density at radius 1 is 1.16 bits per heavy atom. The number of aromatic nitrogens is 1. The van der Waals surface area contributed by atoms with Gasteiger partial charge in [0.15, 0.2) is 4.32 Å². The van der Waals surface area contributed by atoms with Crippen LogP contribution in [0.2, 0.25) is 0 Å². The van der Waals surface area contributed by atoms with Crippen molar-refractivity contribution in [2.24, 2.45) is 5.92 Å². The fourth-order valence-electron chi connectivity index (χ4n) is 4.04. The molecule has 5 rings (SSSR count). The molecule has 1 saturated heterocycles. The minimum absolute atomic E-state index is 0.0385. The molecule has 2 aliphatic heterocycles. The molecule has 15 heteroatoms. The second kappa shape index (κ2) is 10.2. The van der Waals surface area contributed by atoms with Crippen LogP contribution in [0.15, 0.2) is 38.5 Å². The van der Waals surface area contributed by atoms with Gasteiger partial charge >= 0.3 is 11.9 Å². The molecule has 1 saturated carbocycles. The molecule has 1 aliphatic carbocycles. The maximum absolute atomic E-state index is 13.4. The van der Waals surface area contributed by atoms with Gasteiger partial charge < -0.3 is 19.8 Å². The molecule has 3 N–H and O–H groups in total. The van der Waals surface area contributed by atoms with Crippen molar-refractivity contribution in [3.63, 3.8) is 0 Å². The number of carboxylic acids is 2. The summed E-state index contributed by atoms with van der Waals surface area (Å²) in [5, 5.41) is 29.9. The van der Waals surface area contributed by atoms with Crippen molar-refractivity contribution in [1.29, 1.82) is 0 Å². The molecule has 1 amide bonds. The first-order valence-corrected chi connectivity index (χ1v) is 14.0. The fourth-order valence-corrected chi connectivity index (χ4v) is 7.60. The zero-order chi connectivity index (χ0) is 27.3. The Labute approximate surface area is 232 Å². The van der Waals surface area contributed by atoms with E-state index in [-0.39, 0.29) is 35.9 Å². The summed E-state index contributed by atoms with van der Waals surface area (Å²) in [5.41, 5.74) is 0.823. The number of benzene rings is 1. The molecular formula is C23H19N3O8S4. The van der Waals surface area contributed by atoms with Gasteiger partial charge in [-0.1, -0.05) is 11.8 Å². The van der Waals surface area contributed by atoms with Crippen molar-refractivity contribution >= 4 is 85.9 Å². The highest BCUT2D eigenvalue weighted by Gasteiger charge is 2.36. The Balaban J connectivity index is 1.73. The fraction of sp³-hybridized carbons (Fsp3) is 0.261. The number of thiocarbonyl (C=S) groups is 1. The molecule has 0 radical (unpaired) electrons. The van der Waals surface area contributed by atoms with Gasteiger partial charge in [0.1, 0.15) is 28.4 Å². The van der Waals surface area contributed by atoms with Gasteiger partial charge in [-0.05, 0) is 66.5 Å². The van der Waals surface area contributed by atoms with E-state index < -0.39 is 29.9 Å². The number of rotatable bonds is 7. The number of hydroxylamine groups is 2. The minimum atomic E-state index is -1.28. The highest BCUT2D eigenvalue weighted by molar-refractivity contribution is 8.30. The standard InChI is InChI=1S/C23H19N3O8S4/c1-34-11-4-5-14-13(6-11)24(8-16(27)28)21(36-14)12(10-2-3-10)7-15-19(31)25(9-17(29)30)22(37-15)18-20(32)26(33)23(35)38-18/h4-7,10,33H,2-3,8-9H2,1H3,(H,27,28)(H,29,30)/b15-7+,21-12-,22-18-. The van der Waals surface area contributed by atoms with E-state index in [1.54, 1.807) is 23.1 Å². The molecule has 11 nitrogen and oxygen atoms in total. The SMILES string of the molecule is COc1ccc2c(c1)N(CC(=O)O)/C(=C(\C=c1\s/c(=C3\SC(=S)N(O)C3=O)n(CC(=O)O)c1=O)C1CC1)S2.